The maximum atomic E-state index is 12.4. The van der Waals surface area contributed by atoms with Crippen LogP contribution < -0.4 is 4.90 Å². The molecule has 0 radical (unpaired) electrons. The van der Waals surface area contributed by atoms with Gasteiger partial charge in [0.25, 0.3) is 0 Å². The van der Waals surface area contributed by atoms with Gasteiger partial charge in [-0.2, -0.15) is 0 Å². The Kier molecular flexibility index (Phi) is 5.96. The van der Waals surface area contributed by atoms with Crippen LogP contribution in [0.2, 0.25) is 0 Å². The van der Waals surface area contributed by atoms with Gasteiger partial charge < -0.3 is 10.0 Å². The lowest BCUT2D eigenvalue weighted by Crippen LogP contribution is -2.45. The number of carboxylic acids is 1. The summed E-state index contributed by atoms with van der Waals surface area (Å²) in [4.78, 5) is 30.2. The first-order valence-corrected chi connectivity index (χ1v) is 6.59. The van der Waals surface area contributed by atoms with Crippen molar-refractivity contribution in [2.24, 2.45) is 0 Å². The molecule has 0 saturated heterocycles. The molecule has 0 bridgehead atoms. The molecule has 1 aromatic rings. The van der Waals surface area contributed by atoms with Gasteiger partial charge in [-0.1, -0.05) is 0 Å². The number of pyridine rings is 1. The minimum Gasteiger partial charge on any atom is -0.481 e. The van der Waals surface area contributed by atoms with E-state index in [4.69, 9.17) is 5.11 Å². The maximum Gasteiger partial charge on any atom is 0.324 e. The van der Waals surface area contributed by atoms with Crippen molar-refractivity contribution in [1.29, 1.82) is 0 Å². The second-order valence-electron chi connectivity index (χ2n) is 4.84. The van der Waals surface area contributed by atoms with Gasteiger partial charge in [0.15, 0.2) is 0 Å². The highest BCUT2D eigenvalue weighted by molar-refractivity contribution is 5.91. The average Bonchev–Trinajstić information content (AvgIpc) is 2.42. The van der Waals surface area contributed by atoms with Crippen LogP contribution in [0, 0.1) is 0 Å². The molecule has 0 aliphatic heterocycles. The first-order chi connectivity index (χ1) is 9.43. The highest BCUT2D eigenvalue weighted by atomic mass is 16.4. The Balaban J connectivity index is 2.71. The smallest absolute Gasteiger partial charge is 0.324 e. The largest absolute Gasteiger partial charge is 0.481 e. The second-order valence-corrected chi connectivity index (χ2v) is 4.84. The Labute approximate surface area is 119 Å². The van der Waals surface area contributed by atoms with Crippen LogP contribution >= 0.6 is 0 Å². The van der Waals surface area contributed by atoms with Crippen LogP contribution in [0.1, 0.15) is 26.7 Å². The van der Waals surface area contributed by atoms with E-state index in [1.165, 1.54) is 4.90 Å². The first kappa shape index (κ1) is 15.9. The molecule has 1 N–H and O–H groups in total. The third-order valence-corrected chi connectivity index (χ3v) is 2.98. The van der Waals surface area contributed by atoms with Gasteiger partial charge in [0.2, 0.25) is 0 Å². The molecule has 6 heteroatoms. The summed E-state index contributed by atoms with van der Waals surface area (Å²) in [6, 6.07) is 3.43. The highest BCUT2D eigenvalue weighted by Gasteiger charge is 2.21. The molecule has 0 aromatic carbocycles. The fourth-order valence-electron chi connectivity index (χ4n) is 1.83. The topological polar surface area (TPSA) is 73.7 Å². The fraction of sp³-hybridized carbons (Fsp3) is 0.500. The van der Waals surface area contributed by atoms with Crippen molar-refractivity contribution >= 4 is 17.7 Å². The number of anilines is 1. The van der Waals surface area contributed by atoms with Gasteiger partial charge in [-0.3, -0.25) is 14.7 Å². The zero-order valence-electron chi connectivity index (χ0n) is 12.1. The van der Waals surface area contributed by atoms with Crippen molar-refractivity contribution in [3.8, 4) is 0 Å². The SMILES string of the molecule is CC(C)N(CCCC(=O)O)C(=O)N(C)c1cccnc1. The molecule has 2 amide bonds. The molecule has 0 aliphatic rings. The van der Waals surface area contributed by atoms with Crippen molar-refractivity contribution < 1.29 is 14.7 Å². The molecule has 1 heterocycles. The molecular formula is C14H21N3O3. The molecule has 1 aromatic heterocycles. The Morgan fingerprint density at radius 2 is 2.10 bits per heavy atom. The predicted molar refractivity (Wildman–Crippen MR) is 76.7 cm³/mol. The van der Waals surface area contributed by atoms with E-state index in [1.807, 2.05) is 13.8 Å². The summed E-state index contributed by atoms with van der Waals surface area (Å²) in [6.45, 7) is 4.25. The van der Waals surface area contributed by atoms with Crippen LogP contribution in [0.3, 0.4) is 0 Å². The lowest BCUT2D eigenvalue weighted by Gasteiger charge is -2.31. The molecule has 0 saturated carbocycles. The van der Waals surface area contributed by atoms with Crippen molar-refractivity contribution in [3.05, 3.63) is 24.5 Å². The molecule has 0 fully saturated rings. The summed E-state index contributed by atoms with van der Waals surface area (Å²) >= 11 is 0. The fourth-order valence-corrected chi connectivity index (χ4v) is 1.83. The zero-order valence-corrected chi connectivity index (χ0v) is 12.1. The summed E-state index contributed by atoms with van der Waals surface area (Å²) in [5.74, 6) is -0.846. The number of aliphatic carboxylic acids is 1. The Hall–Kier alpha value is -2.11. The number of carbonyl (C=O) groups is 2. The Morgan fingerprint density at radius 1 is 1.40 bits per heavy atom. The standard InChI is InChI=1S/C14H21N3O3/c1-11(2)17(9-5-7-13(18)19)14(20)16(3)12-6-4-8-15-10-12/h4,6,8,10-11H,5,7,9H2,1-3H3,(H,18,19). The minimum atomic E-state index is -0.846. The summed E-state index contributed by atoms with van der Waals surface area (Å²) in [5, 5.41) is 8.67. The monoisotopic (exact) mass is 279 g/mol. The van der Waals surface area contributed by atoms with Gasteiger partial charge in [0, 0.05) is 32.3 Å². The first-order valence-electron chi connectivity index (χ1n) is 6.59. The van der Waals surface area contributed by atoms with E-state index in [2.05, 4.69) is 4.98 Å². The third-order valence-electron chi connectivity index (χ3n) is 2.98. The van der Waals surface area contributed by atoms with Crippen molar-refractivity contribution in [1.82, 2.24) is 9.88 Å². The van der Waals surface area contributed by atoms with Crippen LogP contribution in [0.15, 0.2) is 24.5 Å². The van der Waals surface area contributed by atoms with E-state index in [9.17, 15) is 9.59 Å². The van der Waals surface area contributed by atoms with E-state index in [1.54, 1.807) is 36.5 Å². The summed E-state index contributed by atoms with van der Waals surface area (Å²) in [7, 11) is 1.69. The molecule has 1 rings (SSSR count). The second kappa shape index (κ2) is 7.47. The summed E-state index contributed by atoms with van der Waals surface area (Å²) in [5.41, 5.74) is 0.710. The van der Waals surface area contributed by atoms with E-state index >= 15 is 0 Å². The number of carboxylic acid groups (broad SMARTS) is 1. The number of nitrogens with zero attached hydrogens (tertiary/aromatic N) is 3. The molecule has 0 spiro atoms. The third kappa shape index (κ3) is 4.53. The average molecular weight is 279 g/mol. The van der Waals surface area contributed by atoms with Gasteiger partial charge in [-0.15, -0.1) is 0 Å². The van der Waals surface area contributed by atoms with Gasteiger partial charge in [-0.05, 0) is 32.4 Å². The van der Waals surface area contributed by atoms with Crippen LogP contribution in [-0.2, 0) is 4.79 Å². The van der Waals surface area contributed by atoms with Crippen LogP contribution in [-0.4, -0.2) is 46.6 Å². The number of urea groups is 1. The number of amides is 2. The van der Waals surface area contributed by atoms with E-state index < -0.39 is 5.97 Å². The van der Waals surface area contributed by atoms with Crippen LogP contribution in [0.25, 0.3) is 0 Å². The summed E-state index contributed by atoms with van der Waals surface area (Å²) in [6.07, 6.45) is 3.77. The highest BCUT2D eigenvalue weighted by Crippen LogP contribution is 2.14. The number of hydrogen-bond donors (Lipinski definition) is 1. The number of rotatable bonds is 6. The lowest BCUT2D eigenvalue weighted by molar-refractivity contribution is -0.137. The van der Waals surface area contributed by atoms with Crippen molar-refractivity contribution in [2.45, 2.75) is 32.7 Å². The van der Waals surface area contributed by atoms with Gasteiger partial charge in [0.05, 0.1) is 11.9 Å². The predicted octanol–water partition coefficient (Wildman–Crippen LogP) is 2.21. The van der Waals surface area contributed by atoms with E-state index in [0.717, 1.165) is 0 Å². The van der Waals surface area contributed by atoms with Gasteiger partial charge in [-0.25, -0.2) is 4.79 Å². The Morgan fingerprint density at radius 3 is 2.60 bits per heavy atom. The minimum absolute atomic E-state index is 0.00964. The van der Waals surface area contributed by atoms with Gasteiger partial charge >= 0.3 is 12.0 Å². The zero-order chi connectivity index (χ0) is 15.1. The lowest BCUT2D eigenvalue weighted by atomic mass is 10.2. The van der Waals surface area contributed by atoms with Crippen molar-refractivity contribution in [2.75, 3.05) is 18.5 Å². The number of carbonyl (C=O) groups excluding carboxylic acids is 1. The molecular weight excluding hydrogens is 258 g/mol. The molecule has 110 valence electrons. The van der Waals surface area contributed by atoms with Crippen LogP contribution in [0.4, 0.5) is 10.5 Å². The van der Waals surface area contributed by atoms with E-state index in [0.29, 0.717) is 18.7 Å². The molecule has 0 unspecified atom stereocenters. The quantitative estimate of drug-likeness (QED) is 0.866. The van der Waals surface area contributed by atoms with Crippen molar-refractivity contribution in [3.63, 3.8) is 0 Å². The summed E-state index contributed by atoms with van der Waals surface area (Å²) < 4.78 is 0. The molecule has 6 nitrogen and oxygen atoms in total. The number of aromatic nitrogens is 1. The van der Waals surface area contributed by atoms with Crippen LogP contribution in [0.5, 0.6) is 0 Å². The molecule has 0 aliphatic carbocycles. The number of hydrogen-bond acceptors (Lipinski definition) is 3. The molecule has 20 heavy (non-hydrogen) atoms. The Bertz CT molecular complexity index is 448. The normalized spacial score (nSPS) is 10.4. The van der Waals surface area contributed by atoms with E-state index in [-0.39, 0.29) is 18.5 Å². The molecule has 0 atom stereocenters. The maximum absolute atomic E-state index is 12.4. The van der Waals surface area contributed by atoms with Gasteiger partial charge in [0.1, 0.15) is 0 Å².